The average Bonchev–Trinajstić information content (AvgIpc) is 2.72. The third-order valence-corrected chi connectivity index (χ3v) is 3.21. The Kier molecular flexibility index (Phi) is 3.61. The highest BCUT2D eigenvalue weighted by atomic mass is 19.4. The largest absolute Gasteiger partial charge is 0.497 e. The van der Waals surface area contributed by atoms with E-state index < -0.39 is 29.4 Å². The summed E-state index contributed by atoms with van der Waals surface area (Å²) in [6, 6.07) is 3.72. The molecule has 0 bridgehead atoms. The first-order valence-electron chi connectivity index (χ1n) is 6.21. The van der Waals surface area contributed by atoms with E-state index in [9.17, 15) is 23.1 Å². The Morgan fingerprint density at radius 2 is 1.95 bits per heavy atom. The molecule has 4 nitrogen and oxygen atoms in total. The van der Waals surface area contributed by atoms with E-state index in [1.54, 1.807) is 13.8 Å². The van der Waals surface area contributed by atoms with Gasteiger partial charge in [-0.15, -0.1) is 0 Å². The number of alkyl halides is 3. The number of rotatable bonds is 3. The maximum atomic E-state index is 13.3. The van der Waals surface area contributed by atoms with Crippen LogP contribution in [0.4, 0.5) is 13.2 Å². The van der Waals surface area contributed by atoms with Gasteiger partial charge in [0.1, 0.15) is 11.4 Å². The number of benzene rings is 1. The van der Waals surface area contributed by atoms with E-state index in [1.807, 2.05) is 0 Å². The highest BCUT2D eigenvalue weighted by molar-refractivity contribution is 6.05. The van der Waals surface area contributed by atoms with Gasteiger partial charge in [0, 0.05) is 16.9 Å². The molecule has 0 aliphatic carbocycles. The van der Waals surface area contributed by atoms with Gasteiger partial charge in [-0.05, 0) is 32.0 Å². The third-order valence-electron chi connectivity index (χ3n) is 3.21. The van der Waals surface area contributed by atoms with Crippen LogP contribution in [-0.4, -0.2) is 22.8 Å². The lowest BCUT2D eigenvalue weighted by Gasteiger charge is -2.17. The standard InChI is InChI=1S/C14H14F3NO3/c1-7(2)18-10-5-4-8(21-3)6-9(10)11(13(19)20)12(18)14(15,16)17/h4-7H,1-3H3,(H,19,20). The van der Waals surface area contributed by atoms with E-state index in [0.717, 1.165) is 4.57 Å². The fourth-order valence-electron chi connectivity index (χ4n) is 2.45. The third kappa shape index (κ3) is 2.43. The minimum Gasteiger partial charge on any atom is -0.497 e. The van der Waals surface area contributed by atoms with Crippen molar-refractivity contribution < 1.29 is 27.8 Å². The van der Waals surface area contributed by atoms with Gasteiger partial charge in [0.2, 0.25) is 0 Å². The molecule has 0 spiro atoms. The van der Waals surface area contributed by atoms with Crippen molar-refractivity contribution in [3.63, 3.8) is 0 Å². The van der Waals surface area contributed by atoms with E-state index in [1.165, 1.54) is 25.3 Å². The molecule has 0 saturated carbocycles. The van der Waals surface area contributed by atoms with Gasteiger partial charge >= 0.3 is 12.1 Å². The van der Waals surface area contributed by atoms with Gasteiger partial charge in [-0.1, -0.05) is 0 Å². The predicted octanol–water partition coefficient (Wildman–Crippen LogP) is 3.95. The Balaban J connectivity index is 3.00. The van der Waals surface area contributed by atoms with Crippen LogP contribution in [0.15, 0.2) is 18.2 Å². The summed E-state index contributed by atoms with van der Waals surface area (Å²) in [6.07, 6.45) is -4.76. The smallest absolute Gasteiger partial charge is 0.432 e. The number of aromatic nitrogens is 1. The minimum atomic E-state index is -4.76. The number of carboxylic acids is 1. The first-order chi connectivity index (χ1) is 9.68. The zero-order valence-electron chi connectivity index (χ0n) is 11.7. The number of halogens is 3. The maximum absolute atomic E-state index is 13.3. The van der Waals surface area contributed by atoms with Crippen LogP contribution in [0.25, 0.3) is 10.9 Å². The van der Waals surface area contributed by atoms with Crippen molar-refractivity contribution in [3.05, 3.63) is 29.5 Å². The average molecular weight is 301 g/mol. The summed E-state index contributed by atoms with van der Waals surface area (Å²) >= 11 is 0. The Morgan fingerprint density at radius 1 is 1.33 bits per heavy atom. The van der Waals surface area contributed by atoms with Gasteiger partial charge in [0.05, 0.1) is 12.7 Å². The molecule has 0 atom stereocenters. The van der Waals surface area contributed by atoms with Crippen LogP contribution < -0.4 is 4.74 Å². The summed E-state index contributed by atoms with van der Waals surface area (Å²) in [4.78, 5) is 11.4. The van der Waals surface area contributed by atoms with Crippen LogP contribution in [0.3, 0.4) is 0 Å². The van der Waals surface area contributed by atoms with E-state index >= 15 is 0 Å². The molecule has 1 aromatic carbocycles. The lowest BCUT2D eigenvalue weighted by atomic mass is 10.1. The molecule has 21 heavy (non-hydrogen) atoms. The SMILES string of the molecule is COc1ccc2c(c1)c(C(=O)O)c(C(F)(F)F)n2C(C)C. The quantitative estimate of drug-likeness (QED) is 0.934. The highest BCUT2D eigenvalue weighted by Crippen LogP contribution is 2.41. The summed E-state index contributed by atoms with van der Waals surface area (Å²) in [7, 11) is 1.37. The number of nitrogens with zero attached hydrogens (tertiary/aromatic N) is 1. The van der Waals surface area contributed by atoms with E-state index in [4.69, 9.17) is 4.74 Å². The van der Waals surface area contributed by atoms with Crippen LogP contribution in [0.2, 0.25) is 0 Å². The molecule has 114 valence electrons. The summed E-state index contributed by atoms with van der Waals surface area (Å²) < 4.78 is 46.0. The molecule has 2 aromatic rings. The maximum Gasteiger partial charge on any atom is 0.432 e. The van der Waals surface area contributed by atoms with E-state index in [-0.39, 0.29) is 10.9 Å². The Bertz CT molecular complexity index is 702. The molecule has 0 unspecified atom stereocenters. The van der Waals surface area contributed by atoms with E-state index in [0.29, 0.717) is 5.75 Å². The molecule has 7 heteroatoms. The number of hydrogen-bond acceptors (Lipinski definition) is 2. The molecule has 2 rings (SSSR count). The van der Waals surface area contributed by atoms with Gasteiger partial charge in [-0.25, -0.2) is 4.79 Å². The number of fused-ring (bicyclic) bond motifs is 1. The fraction of sp³-hybridized carbons (Fsp3) is 0.357. The number of aromatic carboxylic acids is 1. The Morgan fingerprint density at radius 3 is 2.38 bits per heavy atom. The summed E-state index contributed by atoms with van der Waals surface area (Å²) in [5.41, 5.74) is -1.67. The lowest BCUT2D eigenvalue weighted by Crippen LogP contribution is -2.18. The number of methoxy groups -OCH3 is 1. The van der Waals surface area contributed by atoms with Gasteiger partial charge in [0.25, 0.3) is 0 Å². The van der Waals surface area contributed by atoms with Crippen LogP contribution in [0, 0.1) is 0 Å². The van der Waals surface area contributed by atoms with Crippen molar-refractivity contribution in [2.45, 2.75) is 26.1 Å². The molecule has 1 N–H and O–H groups in total. The van der Waals surface area contributed by atoms with Crippen molar-refractivity contribution in [1.29, 1.82) is 0 Å². The second kappa shape index (κ2) is 4.98. The predicted molar refractivity (Wildman–Crippen MR) is 70.8 cm³/mol. The van der Waals surface area contributed by atoms with E-state index in [2.05, 4.69) is 0 Å². The van der Waals surface area contributed by atoms with Crippen molar-refractivity contribution in [2.75, 3.05) is 7.11 Å². The monoisotopic (exact) mass is 301 g/mol. The van der Waals surface area contributed by atoms with Crippen LogP contribution in [0.5, 0.6) is 5.75 Å². The Hall–Kier alpha value is -2.18. The normalized spacial score (nSPS) is 12.1. The number of hydrogen-bond donors (Lipinski definition) is 1. The lowest BCUT2D eigenvalue weighted by molar-refractivity contribution is -0.144. The molecule has 1 heterocycles. The molecule has 0 aliphatic heterocycles. The van der Waals surface area contributed by atoms with Gasteiger partial charge in [-0.2, -0.15) is 13.2 Å². The zero-order chi connectivity index (χ0) is 15.9. The second-order valence-corrected chi connectivity index (χ2v) is 4.87. The molecule has 0 fully saturated rings. The topological polar surface area (TPSA) is 51.5 Å². The zero-order valence-corrected chi connectivity index (χ0v) is 11.7. The molecule has 0 saturated heterocycles. The minimum absolute atomic E-state index is 0.0166. The van der Waals surface area contributed by atoms with Gasteiger partial charge in [-0.3, -0.25) is 0 Å². The molecule has 1 aromatic heterocycles. The first kappa shape index (κ1) is 15.2. The molecular weight excluding hydrogens is 287 g/mol. The van der Waals surface area contributed by atoms with Crippen molar-refractivity contribution in [2.24, 2.45) is 0 Å². The van der Waals surface area contributed by atoms with Crippen molar-refractivity contribution >= 4 is 16.9 Å². The Labute approximate surface area is 118 Å². The number of carbonyl (C=O) groups is 1. The second-order valence-electron chi connectivity index (χ2n) is 4.87. The number of carboxylic acid groups (broad SMARTS) is 1. The van der Waals surface area contributed by atoms with Gasteiger partial charge in [0.15, 0.2) is 0 Å². The summed E-state index contributed by atoms with van der Waals surface area (Å²) in [5.74, 6) is -1.31. The molecular formula is C14H14F3NO3. The summed E-state index contributed by atoms with van der Waals surface area (Å²) in [6.45, 7) is 3.15. The van der Waals surface area contributed by atoms with Gasteiger partial charge < -0.3 is 14.4 Å². The van der Waals surface area contributed by atoms with Crippen molar-refractivity contribution in [1.82, 2.24) is 4.57 Å². The molecule has 0 aliphatic rings. The molecule has 0 amide bonds. The number of ether oxygens (including phenoxy) is 1. The fourth-order valence-corrected chi connectivity index (χ4v) is 2.45. The molecule has 0 radical (unpaired) electrons. The first-order valence-corrected chi connectivity index (χ1v) is 6.21. The van der Waals surface area contributed by atoms with Crippen LogP contribution in [-0.2, 0) is 6.18 Å². The van der Waals surface area contributed by atoms with Crippen molar-refractivity contribution in [3.8, 4) is 5.75 Å². The van der Waals surface area contributed by atoms with Crippen LogP contribution in [0.1, 0.15) is 35.9 Å². The highest BCUT2D eigenvalue weighted by Gasteiger charge is 2.42. The summed E-state index contributed by atoms with van der Waals surface area (Å²) in [5, 5.41) is 9.25. The van der Waals surface area contributed by atoms with Crippen LogP contribution >= 0.6 is 0 Å².